The molecule has 27 heavy (non-hydrogen) atoms. The molecule has 2 N–H and O–H groups in total. The van der Waals surface area contributed by atoms with Crippen LogP contribution in [0.3, 0.4) is 0 Å². The van der Waals surface area contributed by atoms with Gasteiger partial charge in [0.2, 0.25) is 5.91 Å². The van der Waals surface area contributed by atoms with Crippen LogP contribution >= 0.6 is 0 Å². The third-order valence-electron chi connectivity index (χ3n) is 5.18. The summed E-state index contributed by atoms with van der Waals surface area (Å²) in [6.07, 6.45) is 6.50. The first kappa shape index (κ1) is 17.7. The van der Waals surface area contributed by atoms with Crippen LogP contribution in [0.25, 0.3) is 11.0 Å². The third kappa shape index (κ3) is 3.85. The number of rotatable bonds is 6. The Morgan fingerprint density at radius 3 is 2.85 bits per heavy atom. The smallest absolute Gasteiger partial charge is 0.242 e. The third-order valence-corrected chi connectivity index (χ3v) is 5.18. The highest BCUT2D eigenvalue weighted by molar-refractivity contribution is 5.83. The monoisotopic (exact) mass is 363 g/mol. The van der Waals surface area contributed by atoms with E-state index in [9.17, 15) is 4.79 Å². The highest BCUT2D eigenvalue weighted by Gasteiger charge is 2.29. The molecule has 1 atom stereocenters. The van der Waals surface area contributed by atoms with E-state index in [0.717, 1.165) is 53.9 Å². The van der Waals surface area contributed by atoms with Gasteiger partial charge in [0, 0.05) is 25.4 Å². The van der Waals surface area contributed by atoms with Gasteiger partial charge in [-0.3, -0.25) is 14.7 Å². The number of carbonyl (C=O) groups excluding carboxylic acids is 1. The van der Waals surface area contributed by atoms with Gasteiger partial charge in [0.05, 0.1) is 11.0 Å². The highest BCUT2D eigenvalue weighted by atomic mass is 16.2. The van der Waals surface area contributed by atoms with Crippen molar-refractivity contribution in [2.24, 2.45) is 0 Å². The number of nitrogens with zero attached hydrogens (tertiary/aromatic N) is 3. The number of hydrogen-bond acceptors (Lipinski definition) is 4. The van der Waals surface area contributed by atoms with Gasteiger partial charge in [-0.1, -0.05) is 18.2 Å². The Morgan fingerprint density at radius 1 is 1.26 bits per heavy atom. The van der Waals surface area contributed by atoms with Gasteiger partial charge in [-0.25, -0.2) is 4.98 Å². The molecule has 1 aliphatic rings. The molecule has 0 spiro atoms. The van der Waals surface area contributed by atoms with Gasteiger partial charge in [-0.05, 0) is 56.1 Å². The molecule has 0 radical (unpaired) electrons. The van der Waals surface area contributed by atoms with Crippen LogP contribution < -0.4 is 5.32 Å². The zero-order chi connectivity index (χ0) is 18.6. The average Bonchev–Trinajstić information content (AvgIpc) is 3.33. The second-order valence-corrected chi connectivity index (χ2v) is 7.13. The maximum atomic E-state index is 12.9. The van der Waals surface area contributed by atoms with Crippen LogP contribution in [0.5, 0.6) is 0 Å². The molecule has 3 aromatic rings. The number of para-hydroxylation sites is 1. The summed E-state index contributed by atoms with van der Waals surface area (Å²) < 4.78 is 0. The van der Waals surface area contributed by atoms with E-state index in [-0.39, 0.29) is 11.9 Å². The maximum Gasteiger partial charge on any atom is 0.242 e. The van der Waals surface area contributed by atoms with E-state index in [1.807, 2.05) is 24.3 Å². The summed E-state index contributed by atoms with van der Waals surface area (Å²) in [4.78, 5) is 27.4. The normalized spacial score (nSPS) is 15.9. The van der Waals surface area contributed by atoms with Gasteiger partial charge in [0.15, 0.2) is 0 Å². The minimum absolute atomic E-state index is 0.0391. The lowest BCUT2D eigenvalue weighted by Gasteiger charge is -2.26. The van der Waals surface area contributed by atoms with E-state index >= 15 is 0 Å². The summed E-state index contributed by atoms with van der Waals surface area (Å²) in [5.74, 6) is 0.941. The number of H-pyrrole nitrogens is 1. The van der Waals surface area contributed by atoms with Crippen molar-refractivity contribution in [2.45, 2.75) is 32.2 Å². The topological polar surface area (TPSA) is 73.9 Å². The molecule has 140 valence electrons. The number of imidazole rings is 1. The van der Waals surface area contributed by atoms with Crippen molar-refractivity contribution in [1.29, 1.82) is 0 Å². The number of fused-ring (bicyclic) bond motifs is 1. The first-order chi connectivity index (χ1) is 13.2. The molecule has 3 heterocycles. The number of pyridine rings is 1. The van der Waals surface area contributed by atoms with Crippen molar-refractivity contribution in [3.05, 3.63) is 59.7 Å². The molecule has 0 saturated carbocycles. The molecule has 1 amide bonds. The molecule has 1 aliphatic heterocycles. The van der Waals surface area contributed by atoms with Crippen LogP contribution in [-0.4, -0.2) is 45.4 Å². The fraction of sp³-hybridized carbons (Fsp3) is 0.381. The SMILES string of the molecule is Cc1cccc2[nH]c(CCNC(=O)[C@@H](c3cccnc3)N3CCCC3)nc12. The number of benzene rings is 1. The van der Waals surface area contributed by atoms with Crippen molar-refractivity contribution in [3.8, 4) is 0 Å². The predicted molar refractivity (Wildman–Crippen MR) is 105 cm³/mol. The zero-order valence-corrected chi connectivity index (χ0v) is 15.6. The lowest BCUT2D eigenvalue weighted by molar-refractivity contribution is -0.126. The maximum absolute atomic E-state index is 12.9. The molecule has 4 rings (SSSR count). The number of carbonyl (C=O) groups is 1. The van der Waals surface area contributed by atoms with Crippen molar-refractivity contribution in [3.63, 3.8) is 0 Å². The summed E-state index contributed by atoms with van der Waals surface area (Å²) >= 11 is 0. The number of amides is 1. The van der Waals surface area contributed by atoms with Gasteiger partial charge in [0.25, 0.3) is 0 Å². The summed E-state index contributed by atoms with van der Waals surface area (Å²) in [6, 6.07) is 9.72. The number of hydrogen-bond donors (Lipinski definition) is 2. The first-order valence-corrected chi connectivity index (χ1v) is 9.58. The summed E-state index contributed by atoms with van der Waals surface area (Å²) in [7, 11) is 0. The molecule has 2 aromatic heterocycles. The van der Waals surface area contributed by atoms with Gasteiger partial charge >= 0.3 is 0 Å². The molecular formula is C21H25N5O. The quantitative estimate of drug-likeness (QED) is 0.706. The number of aromatic amines is 1. The van der Waals surface area contributed by atoms with Gasteiger partial charge in [0.1, 0.15) is 11.9 Å². The molecule has 1 fully saturated rings. The van der Waals surface area contributed by atoms with Crippen LogP contribution in [0.2, 0.25) is 0 Å². The van der Waals surface area contributed by atoms with E-state index in [4.69, 9.17) is 0 Å². The average molecular weight is 363 g/mol. The Balaban J connectivity index is 1.42. The van der Waals surface area contributed by atoms with E-state index in [1.165, 1.54) is 0 Å². The highest BCUT2D eigenvalue weighted by Crippen LogP contribution is 2.24. The molecular weight excluding hydrogens is 338 g/mol. The Hall–Kier alpha value is -2.73. The minimum atomic E-state index is -0.265. The number of nitrogens with one attached hydrogen (secondary N) is 2. The lowest BCUT2D eigenvalue weighted by Crippen LogP contribution is -2.40. The lowest BCUT2D eigenvalue weighted by atomic mass is 10.1. The molecule has 1 aromatic carbocycles. The number of aryl methyl sites for hydroxylation is 1. The van der Waals surface area contributed by atoms with Crippen molar-refractivity contribution < 1.29 is 4.79 Å². The van der Waals surface area contributed by atoms with Crippen LogP contribution in [0.4, 0.5) is 0 Å². The van der Waals surface area contributed by atoms with Crippen molar-refractivity contribution in [2.75, 3.05) is 19.6 Å². The van der Waals surface area contributed by atoms with Crippen molar-refractivity contribution >= 4 is 16.9 Å². The molecule has 6 nitrogen and oxygen atoms in total. The fourth-order valence-corrected chi connectivity index (χ4v) is 3.81. The van der Waals surface area contributed by atoms with Crippen LogP contribution in [0.15, 0.2) is 42.7 Å². The standard InChI is InChI=1S/C21H25N5O/c1-15-6-4-8-17-19(15)25-18(24-17)9-11-23-21(27)20(26-12-2-3-13-26)16-7-5-10-22-14-16/h4-8,10,14,20H,2-3,9,11-13H2,1H3,(H,23,27)(H,24,25)/t20-/m1/s1. The Morgan fingerprint density at radius 2 is 2.11 bits per heavy atom. The van der Waals surface area contributed by atoms with E-state index in [1.54, 1.807) is 12.4 Å². The van der Waals surface area contributed by atoms with Crippen molar-refractivity contribution in [1.82, 2.24) is 25.2 Å². The molecule has 0 unspecified atom stereocenters. The van der Waals surface area contributed by atoms with Crippen LogP contribution in [0.1, 0.15) is 35.8 Å². The molecule has 6 heteroatoms. The Labute approximate surface area is 159 Å². The van der Waals surface area contributed by atoms with Gasteiger partial charge < -0.3 is 10.3 Å². The largest absolute Gasteiger partial charge is 0.354 e. The van der Waals surface area contributed by atoms with Crippen LogP contribution in [0, 0.1) is 6.92 Å². The second kappa shape index (κ2) is 7.88. The number of aromatic nitrogens is 3. The number of likely N-dealkylation sites (tertiary alicyclic amines) is 1. The van der Waals surface area contributed by atoms with Crippen LogP contribution in [-0.2, 0) is 11.2 Å². The minimum Gasteiger partial charge on any atom is -0.354 e. The molecule has 0 bridgehead atoms. The second-order valence-electron chi connectivity index (χ2n) is 7.13. The summed E-state index contributed by atoms with van der Waals surface area (Å²) in [6.45, 7) is 4.53. The molecule has 1 saturated heterocycles. The molecule has 0 aliphatic carbocycles. The van der Waals surface area contributed by atoms with Gasteiger partial charge in [-0.2, -0.15) is 0 Å². The first-order valence-electron chi connectivity index (χ1n) is 9.58. The van der Waals surface area contributed by atoms with E-state index < -0.39 is 0 Å². The summed E-state index contributed by atoms with van der Waals surface area (Å²) in [5.41, 5.74) is 4.16. The van der Waals surface area contributed by atoms with E-state index in [0.29, 0.717) is 13.0 Å². The summed E-state index contributed by atoms with van der Waals surface area (Å²) in [5, 5.41) is 3.10. The zero-order valence-electron chi connectivity index (χ0n) is 15.6. The predicted octanol–water partition coefficient (Wildman–Crippen LogP) is 2.76. The Kier molecular flexibility index (Phi) is 5.16. The van der Waals surface area contributed by atoms with Gasteiger partial charge in [-0.15, -0.1) is 0 Å². The fourth-order valence-electron chi connectivity index (χ4n) is 3.81. The van der Waals surface area contributed by atoms with E-state index in [2.05, 4.69) is 38.2 Å². The Bertz CT molecular complexity index is 915.